The lowest BCUT2D eigenvalue weighted by Gasteiger charge is -2.34. The van der Waals surface area contributed by atoms with E-state index in [2.05, 4.69) is 18.7 Å². The first kappa shape index (κ1) is 23.8. The summed E-state index contributed by atoms with van der Waals surface area (Å²) in [7, 11) is 2.00. The number of hydrogen-bond acceptors (Lipinski definition) is 5. The van der Waals surface area contributed by atoms with E-state index in [1.165, 1.54) is 25.7 Å². The molecule has 0 spiro atoms. The zero-order chi connectivity index (χ0) is 19.6. The van der Waals surface area contributed by atoms with Gasteiger partial charge in [-0.2, -0.15) is 0 Å². The van der Waals surface area contributed by atoms with Crippen molar-refractivity contribution in [3.8, 4) is 0 Å². The molecule has 0 bridgehead atoms. The summed E-state index contributed by atoms with van der Waals surface area (Å²) < 4.78 is 5.96. The number of nitrogens with zero attached hydrogens (tertiary/aromatic N) is 1. The summed E-state index contributed by atoms with van der Waals surface area (Å²) in [4.78, 5) is 2.13. The molecular weight excluding hydrogens is 330 g/mol. The topological polar surface area (TPSA) is 73.2 Å². The molecule has 0 radical (unpaired) electrons. The summed E-state index contributed by atoms with van der Waals surface area (Å²) in [5.41, 5.74) is -0.883. The Kier molecular flexibility index (Phi) is 11.3. The second kappa shape index (κ2) is 12.3. The maximum atomic E-state index is 10.5. The van der Waals surface area contributed by atoms with Gasteiger partial charge in [0.05, 0.1) is 30.5 Å². The van der Waals surface area contributed by atoms with Crippen LogP contribution in [0.15, 0.2) is 0 Å². The fraction of sp³-hybridized carbons (Fsp3) is 1.00. The van der Waals surface area contributed by atoms with Gasteiger partial charge >= 0.3 is 0 Å². The van der Waals surface area contributed by atoms with Crippen LogP contribution in [0.4, 0.5) is 0 Å². The predicted molar refractivity (Wildman–Crippen MR) is 106 cm³/mol. The van der Waals surface area contributed by atoms with E-state index < -0.39 is 23.9 Å². The highest BCUT2D eigenvalue weighted by Crippen LogP contribution is 2.29. The van der Waals surface area contributed by atoms with Crippen molar-refractivity contribution in [2.24, 2.45) is 0 Å². The lowest BCUT2D eigenvalue weighted by atomic mass is 9.99. The fourth-order valence-electron chi connectivity index (χ4n) is 3.94. The smallest absolute Gasteiger partial charge is 0.102 e. The Morgan fingerprint density at radius 3 is 2.23 bits per heavy atom. The van der Waals surface area contributed by atoms with Gasteiger partial charge in [-0.1, -0.05) is 58.8 Å². The fourth-order valence-corrected chi connectivity index (χ4v) is 3.94. The van der Waals surface area contributed by atoms with Gasteiger partial charge in [0.15, 0.2) is 0 Å². The van der Waals surface area contributed by atoms with E-state index in [1.807, 2.05) is 7.05 Å². The van der Waals surface area contributed by atoms with Crippen molar-refractivity contribution in [2.75, 3.05) is 20.2 Å². The Hall–Kier alpha value is -0.200. The van der Waals surface area contributed by atoms with Crippen molar-refractivity contribution in [1.82, 2.24) is 4.90 Å². The van der Waals surface area contributed by atoms with Crippen LogP contribution in [0.2, 0.25) is 0 Å². The Morgan fingerprint density at radius 1 is 0.962 bits per heavy atom. The zero-order valence-electron chi connectivity index (χ0n) is 17.5. The Morgan fingerprint density at radius 2 is 1.58 bits per heavy atom. The van der Waals surface area contributed by atoms with Crippen LogP contribution in [0, 0.1) is 0 Å². The number of aliphatic hydroxyl groups is 3. The molecule has 5 nitrogen and oxygen atoms in total. The molecule has 0 amide bonds. The van der Waals surface area contributed by atoms with Crippen LogP contribution in [0.25, 0.3) is 0 Å². The van der Waals surface area contributed by atoms with Crippen molar-refractivity contribution in [3.05, 3.63) is 0 Å². The van der Waals surface area contributed by atoms with Crippen LogP contribution in [0.5, 0.6) is 0 Å². The van der Waals surface area contributed by atoms with Crippen LogP contribution in [-0.2, 0) is 4.74 Å². The molecule has 0 aliphatic heterocycles. The Labute approximate surface area is 160 Å². The van der Waals surface area contributed by atoms with E-state index >= 15 is 0 Å². The van der Waals surface area contributed by atoms with Crippen molar-refractivity contribution in [1.29, 1.82) is 0 Å². The molecule has 0 saturated heterocycles. The molecule has 1 aliphatic rings. The average Bonchev–Trinajstić information content (AvgIpc) is 2.86. The molecule has 156 valence electrons. The molecule has 0 aromatic carbocycles. The van der Waals surface area contributed by atoms with Crippen LogP contribution in [0.3, 0.4) is 0 Å². The second-order valence-electron chi connectivity index (χ2n) is 8.49. The second-order valence-corrected chi connectivity index (χ2v) is 8.49. The first-order valence-corrected chi connectivity index (χ1v) is 10.7. The van der Waals surface area contributed by atoms with Gasteiger partial charge in [0.1, 0.15) is 6.10 Å². The first-order chi connectivity index (χ1) is 12.3. The quantitative estimate of drug-likeness (QED) is 0.408. The van der Waals surface area contributed by atoms with E-state index in [0.717, 1.165) is 32.2 Å². The SMILES string of the molecule is CCCCCCCN(C)[C@H]1[C@H](OCC(C)(O)CCCCC)[C@H](O)C[C@@H]1O. The summed E-state index contributed by atoms with van der Waals surface area (Å²) in [5, 5.41) is 31.3. The molecule has 1 unspecified atom stereocenters. The summed E-state index contributed by atoms with van der Waals surface area (Å²) in [6, 6.07) is -0.206. The number of rotatable bonds is 14. The predicted octanol–water partition coefficient (Wildman–Crippen LogP) is 3.10. The Bertz CT molecular complexity index is 364. The summed E-state index contributed by atoms with van der Waals surface area (Å²) in [5.74, 6) is 0. The molecule has 26 heavy (non-hydrogen) atoms. The van der Waals surface area contributed by atoms with Crippen molar-refractivity contribution < 1.29 is 20.1 Å². The molecular formula is C21H43NO4. The van der Waals surface area contributed by atoms with Crippen molar-refractivity contribution in [3.63, 3.8) is 0 Å². The highest BCUT2D eigenvalue weighted by Gasteiger charge is 2.45. The minimum atomic E-state index is -0.883. The largest absolute Gasteiger partial charge is 0.391 e. The summed E-state index contributed by atoms with van der Waals surface area (Å²) in [6.45, 7) is 7.25. The third-order valence-electron chi connectivity index (χ3n) is 5.62. The van der Waals surface area contributed by atoms with Gasteiger partial charge in [0.2, 0.25) is 0 Å². The standard InChI is InChI=1S/C21H43NO4/c1-5-7-9-10-12-14-22(4)19-17(23)15-18(24)20(19)26-16-21(3,25)13-11-8-6-2/h17-20,23-25H,5-16H2,1-4H3/t17-,18+,19+,20+,21?/m0/s1. The van der Waals surface area contributed by atoms with Gasteiger partial charge in [-0.05, 0) is 33.4 Å². The number of likely N-dealkylation sites (N-methyl/N-ethyl adjacent to an activating group) is 1. The van der Waals surface area contributed by atoms with E-state index in [0.29, 0.717) is 12.8 Å². The number of aliphatic hydroxyl groups excluding tert-OH is 2. The summed E-state index contributed by atoms with van der Waals surface area (Å²) >= 11 is 0. The first-order valence-electron chi connectivity index (χ1n) is 10.7. The monoisotopic (exact) mass is 373 g/mol. The van der Waals surface area contributed by atoms with E-state index in [4.69, 9.17) is 4.74 Å². The van der Waals surface area contributed by atoms with Gasteiger partial charge < -0.3 is 20.1 Å². The third kappa shape index (κ3) is 8.22. The maximum absolute atomic E-state index is 10.5. The third-order valence-corrected chi connectivity index (χ3v) is 5.62. The van der Waals surface area contributed by atoms with Crippen LogP contribution < -0.4 is 0 Å². The van der Waals surface area contributed by atoms with Crippen molar-refractivity contribution in [2.45, 2.75) is 115 Å². The molecule has 0 heterocycles. The Balaban J connectivity index is 2.49. The van der Waals surface area contributed by atoms with Crippen LogP contribution in [0.1, 0.15) is 85.0 Å². The molecule has 0 aromatic heterocycles. The van der Waals surface area contributed by atoms with Gasteiger partial charge in [-0.3, -0.25) is 4.90 Å². The molecule has 0 aromatic rings. The highest BCUT2D eigenvalue weighted by molar-refractivity contribution is 4.98. The van der Waals surface area contributed by atoms with E-state index in [-0.39, 0.29) is 12.6 Å². The lowest BCUT2D eigenvalue weighted by Crippen LogP contribution is -2.49. The zero-order valence-corrected chi connectivity index (χ0v) is 17.5. The molecule has 3 N–H and O–H groups in total. The number of hydrogen-bond donors (Lipinski definition) is 3. The van der Waals surface area contributed by atoms with Crippen LogP contribution in [-0.4, -0.2) is 70.4 Å². The maximum Gasteiger partial charge on any atom is 0.102 e. The van der Waals surface area contributed by atoms with E-state index in [9.17, 15) is 15.3 Å². The van der Waals surface area contributed by atoms with Gasteiger partial charge in [-0.25, -0.2) is 0 Å². The molecule has 1 aliphatic carbocycles. The normalized spacial score (nSPS) is 28.6. The molecule has 1 rings (SSSR count). The van der Waals surface area contributed by atoms with Crippen molar-refractivity contribution >= 4 is 0 Å². The van der Waals surface area contributed by atoms with Gasteiger partial charge in [0.25, 0.3) is 0 Å². The molecule has 1 saturated carbocycles. The van der Waals surface area contributed by atoms with Crippen LogP contribution >= 0.6 is 0 Å². The molecule has 1 fully saturated rings. The lowest BCUT2D eigenvalue weighted by molar-refractivity contribution is -0.112. The molecule has 5 atom stereocenters. The average molecular weight is 374 g/mol. The molecule has 5 heteroatoms. The minimum absolute atomic E-state index is 0.200. The highest BCUT2D eigenvalue weighted by atomic mass is 16.5. The summed E-state index contributed by atoms with van der Waals surface area (Å²) in [6.07, 6.45) is 8.58. The van der Waals surface area contributed by atoms with Gasteiger partial charge in [0, 0.05) is 6.42 Å². The number of ether oxygens (including phenoxy) is 1. The van der Waals surface area contributed by atoms with E-state index in [1.54, 1.807) is 6.92 Å². The minimum Gasteiger partial charge on any atom is -0.391 e. The van der Waals surface area contributed by atoms with Gasteiger partial charge in [-0.15, -0.1) is 0 Å². The number of unbranched alkanes of at least 4 members (excludes halogenated alkanes) is 6.